The minimum absolute atomic E-state index is 0.00296. The lowest BCUT2D eigenvalue weighted by Crippen LogP contribution is -2.57. The van der Waals surface area contributed by atoms with Crippen LogP contribution in [0.25, 0.3) is 22.0 Å². The van der Waals surface area contributed by atoms with Gasteiger partial charge in [0, 0.05) is 36.0 Å². The summed E-state index contributed by atoms with van der Waals surface area (Å²) in [7, 11) is -2.32. The molecule has 0 unspecified atom stereocenters. The molecule has 4 saturated carbocycles. The maximum Gasteiger partial charge on any atom is 0.318 e. The minimum atomic E-state index is -3.91. The molecule has 5 fully saturated rings. The van der Waals surface area contributed by atoms with Crippen LogP contribution in [0.2, 0.25) is 0 Å². The summed E-state index contributed by atoms with van der Waals surface area (Å²) in [4.78, 5) is 64.4. The van der Waals surface area contributed by atoms with E-state index in [0.29, 0.717) is 41.4 Å². The SMILES string of the molecule is C=C[C@@H]1C[C@@]1(NC(=O)[C@@H]1C[C@@H](n2nc(-c3ccc(OC)cc3)c(-c3nccs3)n2)CN1C(=O)[C@H](CC1CCCCC1)C(=O)OC1CCC1)C(=O)NS(=O)(=O)C1CC1. The number of esters is 1. The first-order valence-corrected chi connectivity index (χ1v) is 22.4. The Balaban J connectivity index is 1.12. The summed E-state index contributed by atoms with van der Waals surface area (Å²) in [5.74, 6) is -3.35. The van der Waals surface area contributed by atoms with E-state index in [1.165, 1.54) is 27.1 Å². The number of nitrogens with zero attached hydrogens (tertiary/aromatic N) is 5. The highest BCUT2D eigenvalue weighted by Crippen LogP contribution is 2.46. The zero-order chi connectivity index (χ0) is 39.9. The fourth-order valence-electron chi connectivity index (χ4n) is 8.39. The number of ether oxygens (including phenoxy) is 2. The van der Waals surface area contributed by atoms with Gasteiger partial charge in [0.1, 0.15) is 45.7 Å². The number of methoxy groups -OCH3 is 1. The van der Waals surface area contributed by atoms with Crippen LogP contribution >= 0.6 is 11.3 Å². The summed E-state index contributed by atoms with van der Waals surface area (Å²) in [5.41, 5.74) is 0.287. The molecule has 1 saturated heterocycles. The van der Waals surface area contributed by atoms with Gasteiger partial charge in [0.2, 0.25) is 21.8 Å². The fraction of sp³-hybridized carbons (Fsp3) is 0.575. The molecule has 2 N–H and O–H groups in total. The molecule has 0 bridgehead atoms. The molecule has 17 heteroatoms. The van der Waals surface area contributed by atoms with E-state index in [-0.39, 0.29) is 31.4 Å². The zero-order valence-electron chi connectivity index (χ0n) is 32.0. The molecule has 1 aliphatic heterocycles. The molecule has 4 aliphatic carbocycles. The van der Waals surface area contributed by atoms with Gasteiger partial charge in [-0.25, -0.2) is 13.4 Å². The van der Waals surface area contributed by atoms with E-state index in [0.717, 1.165) is 56.9 Å². The van der Waals surface area contributed by atoms with Crippen molar-refractivity contribution >= 4 is 45.1 Å². The van der Waals surface area contributed by atoms with E-state index in [4.69, 9.17) is 19.7 Å². The van der Waals surface area contributed by atoms with Crippen LogP contribution in [0.4, 0.5) is 0 Å². The summed E-state index contributed by atoms with van der Waals surface area (Å²) in [6, 6.07) is 5.64. The molecular weight excluding hydrogens is 771 g/mol. The number of hydrogen-bond donors (Lipinski definition) is 2. The van der Waals surface area contributed by atoms with Gasteiger partial charge >= 0.3 is 5.97 Å². The monoisotopic (exact) mass is 819 g/mol. The van der Waals surface area contributed by atoms with E-state index in [2.05, 4.69) is 21.6 Å². The summed E-state index contributed by atoms with van der Waals surface area (Å²) >= 11 is 1.40. The van der Waals surface area contributed by atoms with Crippen molar-refractivity contribution < 1.29 is 37.1 Å². The van der Waals surface area contributed by atoms with E-state index in [1.54, 1.807) is 13.3 Å². The largest absolute Gasteiger partial charge is 0.497 e. The highest BCUT2D eigenvalue weighted by atomic mass is 32.2. The van der Waals surface area contributed by atoms with Crippen LogP contribution in [0, 0.1) is 17.8 Å². The van der Waals surface area contributed by atoms with E-state index in [1.807, 2.05) is 29.6 Å². The van der Waals surface area contributed by atoms with E-state index in [9.17, 15) is 27.6 Å². The summed E-state index contributed by atoms with van der Waals surface area (Å²) in [5, 5.41) is 14.5. The van der Waals surface area contributed by atoms with Crippen LogP contribution in [0.3, 0.4) is 0 Å². The third-order valence-corrected chi connectivity index (χ3v) is 14.9. The van der Waals surface area contributed by atoms with Gasteiger partial charge < -0.3 is 19.7 Å². The number of benzene rings is 1. The Morgan fingerprint density at radius 2 is 1.75 bits per heavy atom. The van der Waals surface area contributed by atoms with Crippen LogP contribution in [0.1, 0.15) is 89.5 Å². The Bertz CT molecular complexity index is 2110. The molecule has 57 heavy (non-hydrogen) atoms. The predicted octanol–water partition coefficient (Wildman–Crippen LogP) is 4.57. The van der Waals surface area contributed by atoms with Gasteiger partial charge in [-0.05, 0) is 75.1 Å². The number of hydrogen-bond acceptors (Lipinski definition) is 12. The molecule has 5 atom stereocenters. The number of sulfonamides is 1. The van der Waals surface area contributed by atoms with Crippen molar-refractivity contribution in [2.45, 2.75) is 112 Å². The molecular formula is C40H49N7O8S2. The quantitative estimate of drug-likeness (QED) is 0.124. The van der Waals surface area contributed by atoms with Crippen LogP contribution in [0.5, 0.6) is 5.75 Å². The van der Waals surface area contributed by atoms with Crippen LogP contribution in [-0.2, 0) is 33.9 Å². The van der Waals surface area contributed by atoms with Gasteiger partial charge in [-0.1, -0.05) is 38.2 Å². The van der Waals surface area contributed by atoms with Gasteiger partial charge in [-0.2, -0.15) is 9.90 Å². The Labute approximate surface area is 336 Å². The number of rotatable bonds is 15. The van der Waals surface area contributed by atoms with Crippen LogP contribution in [0.15, 0.2) is 48.5 Å². The van der Waals surface area contributed by atoms with E-state index >= 15 is 0 Å². The molecule has 0 radical (unpaired) electrons. The molecule has 5 aliphatic rings. The number of aromatic nitrogens is 4. The maximum absolute atomic E-state index is 14.9. The van der Waals surface area contributed by atoms with Gasteiger partial charge in [0.25, 0.3) is 5.91 Å². The summed E-state index contributed by atoms with van der Waals surface area (Å²) in [6.45, 7) is 3.82. The summed E-state index contributed by atoms with van der Waals surface area (Å²) in [6.07, 6.45) is 11.9. The van der Waals surface area contributed by atoms with Crippen LogP contribution < -0.4 is 14.8 Å². The first kappa shape index (κ1) is 39.2. The first-order chi connectivity index (χ1) is 27.5. The van der Waals surface area contributed by atoms with Gasteiger partial charge in [0.05, 0.1) is 18.4 Å². The predicted molar refractivity (Wildman–Crippen MR) is 210 cm³/mol. The smallest absolute Gasteiger partial charge is 0.318 e. The molecule has 15 nitrogen and oxygen atoms in total. The molecule has 304 valence electrons. The molecule has 3 heterocycles. The molecule has 3 amide bonds. The number of thiazole rings is 1. The Kier molecular flexibility index (Phi) is 11.0. The van der Waals surface area contributed by atoms with Crippen LogP contribution in [-0.4, -0.2) is 93.6 Å². The third kappa shape index (κ3) is 8.09. The van der Waals surface area contributed by atoms with Gasteiger partial charge in [-0.3, -0.25) is 23.9 Å². The van der Waals surface area contributed by atoms with Crippen molar-refractivity contribution in [1.82, 2.24) is 34.9 Å². The third-order valence-electron chi connectivity index (χ3n) is 12.3. The first-order valence-electron chi connectivity index (χ1n) is 20.0. The van der Waals surface area contributed by atoms with E-state index < -0.39 is 68.4 Å². The Hall–Kier alpha value is -4.64. The number of likely N-dealkylation sites (tertiary alicyclic amines) is 1. The topological polar surface area (TPSA) is 192 Å². The standard InChI is InChI=1S/C40H49N7O8S2/c1-3-26-22-40(26,39(51)45-57(52,53)30-16-17-30)42-35(48)32-21-27(47-43-33(25-12-14-28(54-2)15-13-25)34(44-47)36-41-18-19-56-36)23-46(32)37(49)31(20-24-8-5-4-6-9-24)38(50)55-29-10-7-11-29/h3,12-15,18-19,24,26-27,29-32H,1,4-11,16-17,20-23H2,2H3,(H,42,48)(H,45,51)/t26-,27-,31+,32+,40+/m1/s1. The molecule has 8 rings (SSSR count). The fourth-order valence-corrected chi connectivity index (χ4v) is 10.4. The minimum Gasteiger partial charge on any atom is -0.497 e. The highest BCUT2D eigenvalue weighted by Gasteiger charge is 2.62. The molecule has 3 aromatic rings. The van der Waals surface area contributed by atoms with Crippen molar-refractivity contribution in [2.75, 3.05) is 13.7 Å². The lowest BCUT2D eigenvalue weighted by Gasteiger charge is -2.33. The van der Waals surface area contributed by atoms with Gasteiger partial charge in [0.15, 0.2) is 0 Å². The average Bonchev–Trinajstić information content (AvgIpc) is 3.97. The van der Waals surface area contributed by atoms with Gasteiger partial charge in [-0.15, -0.1) is 23.0 Å². The number of nitrogens with one attached hydrogen (secondary N) is 2. The lowest BCUT2D eigenvalue weighted by molar-refractivity contribution is -0.165. The highest BCUT2D eigenvalue weighted by molar-refractivity contribution is 7.91. The van der Waals surface area contributed by atoms with Crippen molar-refractivity contribution in [3.63, 3.8) is 0 Å². The second-order valence-corrected chi connectivity index (χ2v) is 19.0. The number of carbonyl (C=O) groups excluding carboxylic acids is 4. The lowest BCUT2D eigenvalue weighted by atomic mass is 9.82. The second kappa shape index (κ2) is 16.0. The summed E-state index contributed by atoms with van der Waals surface area (Å²) < 4.78 is 39.1. The average molecular weight is 820 g/mol. The Morgan fingerprint density at radius 1 is 1.02 bits per heavy atom. The zero-order valence-corrected chi connectivity index (χ0v) is 33.6. The second-order valence-electron chi connectivity index (χ2n) is 16.1. The maximum atomic E-state index is 14.9. The Morgan fingerprint density at radius 3 is 2.37 bits per heavy atom. The molecule has 2 aromatic heterocycles. The van der Waals surface area contributed by atoms with Crippen molar-refractivity contribution in [2.24, 2.45) is 17.8 Å². The van der Waals surface area contributed by atoms with Crippen molar-refractivity contribution in [3.8, 4) is 27.7 Å². The molecule has 1 aromatic carbocycles. The van der Waals surface area contributed by atoms with Crippen molar-refractivity contribution in [1.29, 1.82) is 0 Å². The van der Waals surface area contributed by atoms with Crippen molar-refractivity contribution in [3.05, 3.63) is 48.5 Å². The number of amides is 3. The normalized spacial score (nSPS) is 25.6. The number of carbonyl (C=O) groups is 4. The molecule has 0 spiro atoms.